The lowest BCUT2D eigenvalue weighted by molar-refractivity contribution is -0.123. The molecule has 1 aromatic carbocycles. The predicted octanol–water partition coefficient (Wildman–Crippen LogP) is 2.08. The van der Waals surface area contributed by atoms with Crippen LogP contribution < -0.4 is 15.8 Å². The van der Waals surface area contributed by atoms with Crippen LogP contribution in [0.3, 0.4) is 0 Å². The number of nitrogens with two attached hydrogens (primary N) is 1. The topological polar surface area (TPSA) is 64.3 Å². The predicted molar refractivity (Wildman–Crippen MR) is 79.3 cm³/mol. The van der Waals surface area contributed by atoms with E-state index < -0.39 is 0 Å². The molecule has 0 radical (unpaired) electrons. The lowest BCUT2D eigenvalue weighted by Gasteiger charge is -2.20. The van der Waals surface area contributed by atoms with Gasteiger partial charge < -0.3 is 15.8 Å². The first-order chi connectivity index (χ1) is 9.55. The van der Waals surface area contributed by atoms with Crippen molar-refractivity contribution in [1.29, 1.82) is 0 Å². The molecule has 0 bridgehead atoms. The Labute approximate surface area is 120 Å². The SMILES string of the molecule is CC(C)C1(CNC(=O)COc2ccc(CN)cc2)CC1. The fraction of sp³-hybridized carbons (Fsp3) is 0.562. The van der Waals surface area contributed by atoms with Gasteiger partial charge in [-0.05, 0) is 41.9 Å². The highest BCUT2D eigenvalue weighted by molar-refractivity contribution is 5.77. The van der Waals surface area contributed by atoms with Gasteiger partial charge in [-0.1, -0.05) is 26.0 Å². The van der Waals surface area contributed by atoms with Crippen molar-refractivity contribution in [3.05, 3.63) is 29.8 Å². The zero-order valence-electron chi connectivity index (χ0n) is 12.3. The van der Waals surface area contributed by atoms with Crippen LogP contribution in [0.25, 0.3) is 0 Å². The van der Waals surface area contributed by atoms with Gasteiger partial charge in [-0.3, -0.25) is 4.79 Å². The summed E-state index contributed by atoms with van der Waals surface area (Å²) in [4.78, 5) is 11.8. The number of hydrogen-bond donors (Lipinski definition) is 2. The Balaban J connectivity index is 1.72. The van der Waals surface area contributed by atoms with Gasteiger partial charge in [0.2, 0.25) is 0 Å². The normalized spacial score (nSPS) is 16.0. The molecule has 0 saturated heterocycles. The quantitative estimate of drug-likeness (QED) is 0.801. The van der Waals surface area contributed by atoms with Crippen molar-refractivity contribution >= 4 is 5.91 Å². The minimum absolute atomic E-state index is 0.0557. The molecule has 3 N–H and O–H groups in total. The highest BCUT2D eigenvalue weighted by atomic mass is 16.5. The molecule has 1 amide bonds. The fourth-order valence-electron chi connectivity index (χ4n) is 2.32. The molecule has 0 heterocycles. The Hall–Kier alpha value is -1.55. The van der Waals surface area contributed by atoms with Gasteiger partial charge in [-0.2, -0.15) is 0 Å². The van der Waals surface area contributed by atoms with Gasteiger partial charge >= 0.3 is 0 Å². The summed E-state index contributed by atoms with van der Waals surface area (Å²) in [5, 5.41) is 2.98. The van der Waals surface area contributed by atoms with E-state index in [4.69, 9.17) is 10.5 Å². The third-order valence-corrected chi connectivity index (χ3v) is 4.28. The molecule has 0 unspecified atom stereocenters. The van der Waals surface area contributed by atoms with E-state index in [1.165, 1.54) is 12.8 Å². The molecule has 0 spiro atoms. The minimum Gasteiger partial charge on any atom is -0.484 e. The van der Waals surface area contributed by atoms with Gasteiger partial charge in [0.25, 0.3) is 5.91 Å². The van der Waals surface area contributed by atoms with Crippen LogP contribution >= 0.6 is 0 Å². The van der Waals surface area contributed by atoms with Gasteiger partial charge in [0.05, 0.1) is 0 Å². The summed E-state index contributed by atoms with van der Waals surface area (Å²) in [5.41, 5.74) is 6.91. The first kappa shape index (κ1) is 14.9. The van der Waals surface area contributed by atoms with Crippen LogP contribution in [-0.4, -0.2) is 19.1 Å². The van der Waals surface area contributed by atoms with Gasteiger partial charge in [-0.15, -0.1) is 0 Å². The summed E-state index contributed by atoms with van der Waals surface area (Å²) in [6.45, 7) is 5.77. The van der Waals surface area contributed by atoms with Crippen molar-refractivity contribution in [2.75, 3.05) is 13.2 Å². The lowest BCUT2D eigenvalue weighted by atomic mass is 9.92. The van der Waals surface area contributed by atoms with Crippen LogP contribution in [0.15, 0.2) is 24.3 Å². The molecule has 4 nitrogen and oxygen atoms in total. The second-order valence-electron chi connectivity index (χ2n) is 5.93. The molecule has 20 heavy (non-hydrogen) atoms. The van der Waals surface area contributed by atoms with Crippen molar-refractivity contribution < 1.29 is 9.53 Å². The number of rotatable bonds is 7. The van der Waals surface area contributed by atoms with E-state index in [0.717, 1.165) is 12.1 Å². The van der Waals surface area contributed by atoms with Crippen molar-refractivity contribution in [2.45, 2.75) is 33.2 Å². The van der Waals surface area contributed by atoms with E-state index in [1.807, 2.05) is 24.3 Å². The second-order valence-corrected chi connectivity index (χ2v) is 5.93. The first-order valence-electron chi connectivity index (χ1n) is 7.24. The molecule has 1 aliphatic rings. The van der Waals surface area contributed by atoms with Crippen molar-refractivity contribution in [1.82, 2.24) is 5.32 Å². The Morgan fingerprint density at radius 1 is 1.35 bits per heavy atom. The average molecular weight is 276 g/mol. The molecule has 0 aromatic heterocycles. The maximum absolute atomic E-state index is 11.8. The number of hydrogen-bond acceptors (Lipinski definition) is 3. The molecular weight excluding hydrogens is 252 g/mol. The number of carbonyl (C=O) groups is 1. The van der Waals surface area contributed by atoms with E-state index in [9.17, 15) is 4.79 Å². The average Bonchev–Trinajstić information content (AvgIpc) is 3.25. The number of nitrogens with one attached hydrogen (secondary N) is 1. The van der Waals surface area contributed by atoms with E-state index in [-0.39, 0.29) is 12.5 Å². The van der Waals surface area contributed by atoms with Crippen molar-refractivity contribution in [2.24, 2.45) is 17.1 Å². The second kappa shape index (κ2) is 6.27. The largest absolute Gasteiger partial charge is 0.484 e. The van der Waals surface area contributed by atoms with Gasteiger partial charge in [0, 0.05) is 13.1 Å². The first-order valence-corrected chi connectivity index (χ1v) is 7.24. The number of carbonyl (C=O) groups excluding carboxylic acids is 1. The van der Waals surface area contributed by atoms with Gasteiger partial charge in [0.1, 0.15) is 5.75 Å². The highest BCUT2D eigenvalue weighted by Gasteiger charge is 2.45. The van der Waals surface area contributed by atoms with Crippen LogP contribution in [0.4, 0.5) is 0 Å². The van der Waals surface area contributed by atoms with E-state index >= 15 is 0 Å². The standard InChI is InChI=1S/C16H24N2O2/c1-12(2)16(7-8-16)11-18-15(19)10-20-14-5-3-13(9-17)4-6-14/h3-6,12H,7-11,17H2,1-2H3,(H,18,19). The molecule has 1 aromatic rings. The number of amides is 1. The van der Waals surface area contributed by atoms with E-state index in [0.29, 0.717) is 23.6 Å². The van der Waals surface area contributed by atoms with Crippen molar-refractivity contribution in [3.8, 4) is 5.75 Å². The molecular formula is C16H24N2O2. The summed E-state index contributed by atoms with van der Waals surface area (Å²) in [6.07, 6.45) is 2.43. The molecule has 0 atom stereocenters. The molecule has 0 aliphatic heterocycles. The van der Waals surface area contributed by atoms with Crippen LogP contribution in [0.5, 0.6) is 5.75 Å². The summed E-state index contributed by atoms with van der Waals surface area (Å²) in [6, 6.07) is 7.49. The Kier molecular flexibility index (Phi) is 4.65. The summed E-state index contributed by atoms with van der Waals surface area (Å²) in [7, 11) is 0. The molecule has 1 aliphatic carbocycles. The monoisotopic (exact) mass is 276 g/mol. The number of benzene rings is 1. The lowest BCUT2D eigenvalue weighted by Crippen LogP contribution is -2.35. The maximum Gasteiger partial charge on any atom is 0.257 e. The van der Waals surface area contributed by atoms with E-state index in [1.54, 1.807) is 0 Å². The van der Waals surface area contributed by atoms with Crippen molar-refractivity contribution in [3.63, 3.8) is 0 Å². The van der Waals surface area contributed by atoms with Crippen LogP contribution in [-0.2, 0) is 11.3 Å². The zero-order chi connectivity index (χ0) is 14.6. The Morgan fingerprint density at radius 2 is 2.00 bits per heavy atom. The minimum atomic E-state index is -0.0557. The maximum atomic E-state index is 11.8. The molecule has 1 saturated carbocycles. The zero-order valence-corrected chi connectivity index (χ0v) is 12.3. The molecule has 1 fully saturated rings. The summed E-state index contributed by atoms with van der Waals surface area (Å²) in [5.74, 6) is 1.26. The highest BCUT2D eigenvalue weighted by Crippen LogP contribution is 2.51. The molecule has 4 heteroatoms. The fourth-order valence-corrected chi connectivity index (χ4v) is 2.32. The molecule has 2 rings (SSSR count). The smallest absolute Gasteiger partial charge is 0.257 e. The van der Waals surface area contributed by atoms with Crippen LogP contribution in [0, 0.1) is 11.3 Å². The molecule has 110 valence electrons. The summed E-state index contributed by atoms with van der Waals surface area (Å²) < 4.78 is 5.46. The Bertz CT molecular complexity index is 450. The number of ether oxygens (including phenoxy) is 1. The van der Waals surface area contributed by atoms with E-state index in [2.05, 4.69) is 19.2 Å². The third kappa shape index (κ3) is 3.73. The van der Waals surface area contributed by atoms with Gasteiger partial charge in [-0.25, -0.2) is 0 Å². The third-order valence-electron chi connectivity index (χ3n) is 4.28. The Morgan fingerprint density at radius 3 is 2.50 bits per heavy atom. The van der Waals surface area contributed by atoms with Gasteiger partial charge in [0.15, 0.2) is 6.61 Å². The summed E-state index contributed by atoms with van der Waals surface area (Å²) >= 11 is 0. The van der Waals surface area contributed by atoms with Crippen LogP contribution in [0.1, 0.15) is 32.3 Å². The van der Waals surface area contributed by atoms with Crippen LogP contribution in [0.2, 0.25) is 0 Å².